The highest BCUT2D eigenvalue weighted by atomic mass is 15.3. The van der Waals surface area contributed by atoms with Gasteiger partial charge in [-0.15, -0.1) is 0 Å². The monoisotopic (exact) mass is 209 g/mol. The van der Waals surface area contributed by atoms with Crippen molar-refractivity contribution in [2.45, 2.75) is 26.7 Å². The first-order valence-corrected chi connectivity index (χ1v) is 5.20. The summed E-state index contributed by atoms with van der Waals surface area (Å²) in [7, 11) is 2.03. The lowest BCUT2D eigenvalue weighted by Crippen LogP contribution is -2.21. The maximum Gasteiger partial charge on any atom is 0.239 e. The van der Waals surface area contributed by atoms with Gasteiger partial charge in [-0.05, 0) is 13.3 Å². The van der Waals surface area contributed by atoms with Gasteiger partial charge in [-0.1, -0.05) is 13.3 Å². The first kappa shape index (κ1) is 11.7. The molecule has 1 heterocycles. The third-order valence-electron chi connectivity index (χ3n) is 2.21. The first-order valence-electron chi connectivity index (χ1n) is 5.20. The molecule has 0 spiro atoms. The molecule has 0 amide bonds. The van der Waals surface area contributed by atoms with Gasteiger partial charge in [0.25, 0.3) is 0 Å². The third kappa shape index (κ3) is 3.36. The standard InChI is InChI=1S/C10H19N5/c1-4-5-6-15(3)9-7-8(2)12-10(13-9)14-11/h7H,4-6,11H2,1-3H3,(H,12,13,14). The summed E-state index contributed by atoms with van der Waals surface area (Å²) in [5.74, 6) is 6.67. The minimum Gasteiger partial charge on any atom is -0.360 e. The van der Waals surface area contributed by atoms with E-state index in [0.29, 0.717) is 5.95 Å². The van der Waals surface area contributed by atoms with Crippen molar-refractivity contribution < 1.29 is 0 Å². The van der Waals surface area contributed by atoms with E-state index in [0.717, 1.165) is 24.5 Å². The van der Waals surface area contributed by atoms with Gasteiger partial charge in [0.15, 0.2) is 0 Å². The number of rotatable bonds is 5. The fourth-order valence-electron chi connectivity index (χ4n) is 1.32. The highest BCUT2D eigenvalue weighted by molar-refractivity contribution is 5.43. The summed E-state index contributed by atoms with van der Waals surface area (Å²) in [5.41, 5.74) is 3.38. The van der Waals surface area contributed by atoms with E-state index in [1.54, 1.807) is 0 Å². The number of unbranched alkanes of at least 4 members (excludes halogenated alkanes) is 1. The Kier molecular flexibility index (Phi) is 4.30. The van der Waals surface area contributed by atoms with Crippen LogP contribution in [0.1, 0.15) is 25.5 Å². The molecule has 1 aromatic heterocycles. The first-order chi connectivity index (χ1) is 7.17. The molecule has 0 atom stereocenters. The van der Waals surface area contributed by atoms with Crippen molar-refractivity contribution in [3.8, 4) is 0 Å². The molecule has 84 valence electrons. The molecule has 0 bridgehead atoms. The number of nitrogens with one attached hydrogen (secondary N) is 1. The highest BCUT2D eigenvalue weighted by Gasteiger charge is 2.05. The fourth-order valence-corrected chi connectivity index (χ4v) is 1.32. The highest BCUT2D eigenvalue weighted by Crippen LogP contribution is 2.13. The van der Waals surface area contributed by atoms with Gasteiger partial charge in [0.05, 0.1) is 0 Å². The second kappa shape index (κ2) is 5.50. The Bertz CT molecular complexity index is 313. The van der Waals surface area contributed by atoms with Crippen LogP contribution in [0.4, 0.5) is 11.8 Å². The van der Waals surface area contributed by atoms with Crippen LogP contribution < -0.4 is 16.2 Å². The van der Waals surface area contributed by atoms with E-state index in [4.69, 9.17) is 5.84 Å². The van der Waals surface area contributed by atoms with Crippen LogP contribution in [-0.2, 0) is 0 Å². The smallest absolute Gasteiger partial charge is 0.239 e. The summed E-state index contributed by atoms with van der Waals surface area (Å²) < 4.78 is 0. The van der Waals surface area contributed by atoms with E-state index in [1.165, 1.54) is 6.42 Å². The van der Waals surface area contributed by atoms with Crippen molar-refractivity contribution in [2.24, 2.45) is 5.84 Å². The zero-order chi connectivity index (χ0) is 11.3. The lowest BCUT2D eigenvalue weighted by atomic mass is 10.3. The second-order valence-electron chi connectivity index (χ2n) is 3.61. The number of anilines is 2. The van der Waals surface area contributed by atoms with Crippen LogP contribution >= 0.6 is 0 Å². The molecule has 0 aliphatic rings. The van der Waals surface area contributed by atoms with Gasteiger partial charge in [-0.25, -0.2) is 10.8 Å². The van der Waals surface area contributed by atoms with Crippen molar-refractivity contribution in [1.82, 2.24) is 9.97 Å². The molecule has 0 radical (unpaired) electrons. The molecule has 15 heavy (non-hydrogen) atoms. The van der Waals surface area contributed by atoms with Crippen LogP contribution in [-0.4, -0.2) is 23.6 Å². The zero-order valence-electron chi connectivity index (χ0n) is 9.62. The molecule has 0 aliphatic heterocycles. The van der Waals surface area contributed by atoms with Gasteiger partial charge in [-0.2, -0.15) is 4.98 Å². The van der Waals surface area contributed by atoms with Crippen LogP contribution in [0.2, 0.25) is 0 Å². The topological polar surface area (TPSA) is 67.1 Å². The van der Waals surface area contributed by atoms with E-state index in [-0.39, 0.29) is 0 Å². The van der Waals surface area contributed by atoms with Crippen LogP contribution in [0.15, 0.2) is 6.07 Å². The van der Waals surface area contributed by atoms with Gasteiger partial charge in [0.1, 0.15) is 5.82 Å². The van der Waals surface area contributed by atoms with Crippen LogP contribution in [0.25, 0.3) is 0 Å². The normalized spacial score (nSPS) is 10.1. The van der Waals surface area contributed by atoms with E-state index in [2.05, 4.69) is 27.2 Å². The molecule has 1 rings (SSSR count). The molecule has 5 nitrogen and oxygen atoms in total. The average molecular weight is 209 g/mol. The van der Waals surface area contributed by atoms with E-state index in [1.807, 2.05) is 20.0 Å². The number of aryl methyl sites for hydroxylation is 1. The molecule has 3 N–H and O–H groups in total. The summed E-state index contributed by atoms with van der Waals surface area (Å²) in [6.07, 6.45) is 2.33. The minimum atomic E-state index is 0.466. The molecule has 1 aromatic rings. The predicted octanol–water partition coefficient (Wildman–Crippen LogP) is 1.31. The van der Waals surface area contributed by atoms with Crippen molar-refractivity contribution in [3.05, 3.63) is 11.8 Å². The number of aromatic nitrogens is 2. The summed E-state index contributed by atoms with van der Waals surface area (Å²) in [4.78, 5) is 10.5. The largest absolute Gasteiger partial charge is 0.360 e. The maximum atomic E-state index is 5.29. The molecule has 0 saturated heterocycles. The Hall–Kier alpha value is -1.36. The van der Waals surface area contributed by atoms with Crippen LogP contribution in [0, 0.1) is 6.92 Å². The molecule has 0 fully saturated rings. The van der Waals surface area contributed by atoms with Crippen molar-refractivity contribution in [2.75, 3.05) is 23.9 Å². The van der Waals surface area contributed by atoms with Gasteiger partial charge in [0, 0.05) is 25.4 Å². The van der Waals surface area contributed by atoms with Gasteiger partial charge in [-0.3, -0.25) is 5.43 Å². The fraction of sp³-hybridized carbons (Fsp3) is 0.600. The summed E-state index contributed by atoms with van der Waals surface area (Å²) in [6, 6.07) is 1.95. The Morgan fingerprint density at radius 3 is 2.80 bits per heavy atom. The van der Waals surface area contributed by atoms with Crippen LogP contribution in [0.5, 0.6) is 0 Å². The Labute approximate surface area is 90.7 Å². The molecular weight excluding hydrogens is 190 g/mol. The molecule has 0 aromatic carbocycles. The molecule has 5 heteroatoms. The van der Waals surface area contributed by atoms with E-state index < -0.39 is 0 Å². The Morgan fingerprint density at radius 1 is 1.47 bits per heavy atom. The quantitative estimate of drug-likeness (QED) is 0.565. The molecule has 0 saturated carbocycles. The van der Waals surface area contributed by atoms with Gasteiger partial charge < -0.3 is 4.90 Å². The molecule has 0 aliphatic carbocycles. The molecular formula is C10H19N5. The third-order valence-corrected chi connectivity index (χ3v) is 2.21. The van der Waals surface area contributed by atoms with Crippen molar-refractivity contribution >= 4 is 11.8 Å². The average Bonchev–Trinajstić information content (AvgIpc) is 2.24. The number of nitrogens with zero attached hydrogens (tertiary/aromatic N) is 3. The predicted molar refractivity (Wildman–Crippen MR) is 62.8 cm³/mol. The van der Waals surface area contributed by atoms with E-state index in [9.17, 15) is 0 Å². The number of hydrogen-bond donors (Lipinski definition) is 2. The number of hydrazine groups is 1. The number of nitrogen functional groups attached to an aromatic ring is 1. The van der Waals surface area contributed by atoms with E-state index >= 15 is 0 Å². The number of hydrogen-bond acceptors (Lipinski definition) is 5. The van der Waals surface area contributed by atoms with Crippen molar-refractivity contribution in [3.63, 3.8) is 0 Å². The summed E-state index contributed by atoms with van der Waals surface area (Å²) >= 11 is 0. The molecule has 0 unspecified atom stereocenters. The summed E-state index contributed by atoms with van der Waals surface area (Å²) in [5, 5.41) is 0. The maximum absolute atomic E-state index is 5.29. The van der Waals surface area contributed by atoms with Gasteiger partial charge in [0.2, 0.25) is 5.95 Å². The second-order valence-corrected chi connectivity index (χ2v) is 3.61. The SMILES string of the molecule is CCCCN(C)c1cc(C)nc(NN)n1. The lowest BCUT2D eigenvalue weighted by molar-refractivity contribution is 0.758. The Balaban J connectivity index is 2.78. The van der Waals surface area contributed by atoms with Crippen LogP contribution in [0.3, 0.4) is 0 Å². The zero-order valence-corrected chi connectivity index (χ0v) is 9.62. The van der Waals surface area contributed by atoms with Crippen molar-refractivity contribution in [1.29, 1.82) is 0 Å². The lowest BCUT2D eigenvalue weighted by Gasteiger charge is -2.18. The number of nitrogens with two attached hydrogens (primary N) is 1. The van der Waals surface area contributed by atoms with Gasteiger partial charge >= 0.3 is 0 Å². The Morgan fingerprint density at radius 2 is 2.20 bits per heavy atom. The minimum absolute atomic E-state index is 0.466. The summed E-state index contributed by atoms with van der Waals surface area (Å²) in [6.45, 7) is 5.10.